The van der Waals surface area contributed by atoms with Gasteiger partial charge < -0.3 is 5.73 Å². The van der Waals surface area contributed by atoms with Gasteiger partial charge in [-0.05, 0) is 6.42 Å². The first-order chi connectivity index (χ1) is 6.31. The Kier molecular flexibility index (Phi) is 2.83. The summed E-state index contributed by atoms with van der Waals surface area (Å²) in [6, 6.07) is 0.554. The molecule has 1 aliphatic heterocycles. The summed E-state index contributed by atoms with van der Waals surface area (Å²) in [5.74, 6) is 0. The van der Waals surface area contributed by atoms with Gasteiger partial charge in [-0.25, -0.2) is 4.98 Å². The Balaban J connectivity index is 1.95. The minimum atomic E-state index is 0.554. The zero-order valence-electron chi connectivity index (χ0n) is 7.24. The SMILES string of the molecule is NCC1CCN1Cc1scnc1Cl. The lowest BCUT2D eigenvalue weighted by atomic mass is 10.0. The summed E-state index contributed by atoms with van der Waals surface area (Å²) in [5, 5.41) is 0.646. The van der Waals surface area contributed by atoms with Gasteiger partial charge in [-0.15, -0.1) is 11.3 Å². The van der Waals surface area contributed by atoms with Crippen LogP contribution in [0.15, 0.2) is 5.51 Å². The summed E-state index contributed by atoms with van der Waals surface area (Å²) in [4.78, 5) is 7.50. The molecule has 0 bridgehead atoms. The van der Waals surface area contributed by atoms with Crippen LogP contribution in [-0.4, -0.2) is 29.0 Å². The van der Waals surface area contributed by atoms with Crippen molar-refractivity contribution >= 4 is 22.9 Å². The molecule has 0 aliphatic carbocycles. The lowest BCUT2D eigenvalue weighted by Crippen LogP contribution is -2.50. The molecule has 2 N–H and O–H groups in total. The first kappa shape index (κ1) is 9.40. The summed E-state index contributed by atoms with van der Waals surface area (Å²) >= 11 is 7.51. The highest BCUT2D eigenvalue weighted by Gasteiger charge is 2.27. The molecule has 1 fully saturated rings. The van der Waals surface area contributed by atoms with Gasteiger partial charge in [0.15, 0.2) is 0 Å². The van der Waals surface area contributed by atoms with Gasteiger partial charge in [0.25, 0.3) is 0 Å². The van der Waals surface area contributed by atoms with Crippen LogP contribution in [0.25, 0.3) is 0 Å². The van der Waals surface area contributed by atoms with Gasteiger partial charge in [0.2, 0.25) is 0 Å². The van der Waals surface area contributed by atoms with Crippen molar-refractivity contribution in [3.8, 4) is 0 Å². The van der Waals surface area contributed by atoms with E-state index in [1.165, 1.54) is 6.42 Å². The van der Waals surface area contributed by atoms with Crippen molar-refractivity contribution in [3.63, 3.8) is 0 Å². The summed E-state index contributed by atoms with van der Waals surface area (Å²) in [6.45, 7) is 2.79. The van der Waals surface area contributed by atoms with Crippen molar-refractivity contribution < 1.29 is 0 Å². The van der Waals surface area contributed by atoms with E-state index in [0.29, 0.717) is 11.2 Å². The fourth-order valence-electron chi connectivity index (χ4n) is 1.51. The van der Waals surface area contributed by atoms with Gasteiger partial charge in [-0.1, -0.05) is 11.6 Å². The van der Waals surface area contributed by atoms with Gasteiger partial charge in [0.1, 0.15) is 5.15 Å². The third kappa shape index (κ3) is 1.86. The van der Waals surface area contributed by atoms with Crippen LogP contribution in [0.2, 0.25) is 5.15 Å². The number of aromatic nitrogens is 1. The second-order valence-corrected chi connectivity index (χ2v) is 4.51. The minimum absolute atomic E-state index is 0.554. The van der Waals surface area contributed by atoms with Crippen molar-refractivity contribution in [3.05, 3.63) is 15.5 Å². The molecular weight excluding hydrogens is 206 g/mol. The largest absolute Gasteiger partial charge is 0.329 e. The molecule has 0 amide bonds. The third-order valence-corrected chi connectivity index (χ3v) is 3.73. The Bertz CT molecular complexity index is 287. The second kappa shape index (κ2) is 3.92. The molecule has 2 rings (SSSR count). The molecule has 72 valence electrons. The van der Waals surface area contributed by atoms with Gasteiger partial charge in [-0.3, -0.25) is 4.90 Å². The molecule has 1 aromatic rings. The van der Waals surface area contributed by atoms with Crippen molar-refractivity contribution in [1.29, 1.82) is 0 Å². The number of nitrogens with two attached hydrogens (primary N) is 1. The lowest BCUT2D eigenvalue weighted by Gasteiger charge is -2.39. The van der Waals surface area contributed by atoms with Gasteiger partial charge in [0.05, 0.1) is 10.4 Å². The van der Waals surface area contributed by atoms with Gasteiger partial charge >= 0.3 is 0 Å². The highest BCUT2D eigenvalue weighted by atomic mass is 35.5. The monoisotopic (exact) mass is 217 g/mol. The molecule has 1 aromatic heterocycles. The van der Waals surface area contributed by atoms with Crippen LogP contribution in [0, 0.1) is 0 Å². The zero-order valence-corrected chi connectivity index (χ0v) is 8.81. The number of thiazole rings is 1. The van der Waals surface area contributed by atoms with E-state index in [1.807, 2.05) is 0 Å². The normalized spacial score (nSPS) is 23.1. The van der Waals surface area contributed by atoms with Crippen molar-refractivity contribution in [2.24, 2.45) is 5.73 Å². The average molecular weight is 218 g/mol. The topological polar surface area (TPSA) is 42.1 Å². The van der Waals surface area contributed by atoms with E-state index in [2.05, 4.69) is 9.88 Å². The number of halogens is 1. The number of hydrogen-bond acceptors (Lipinski definition) is 4. The summed E-state index contributed by atoms with van der Waals surface area (Å²) in [6.07, 6.45) is 1.22. The molecule has 3 nitrogen and oxygen atoms in total. The summed E-state index contributed by atoms with van der Waals surface area (Å²) in [5.41, 5.74) is 7.39. The van der Waals surface area contributed by atoms with Gasteiger partial charge in [-0.2, -0.15) is 0 Å². The first-order valence-corrected chi connectivity index (χ1v) is 5.59. The van der Waals surface area contributed by atoms with E-state index in [4.69, 9.17) is 17.3 Å². The number of rotatable bonds is 3. The minimum Gasteiger partial charge on any atom is -0.329 e. The van der Waals surface area contributed by atoms with Crippen LogP contribution in [0.5, 0.6) is 0 Å². The molecule has 1 unspecified atom stereocenters. The smallest absolute Gasteiger partial charge is 0.144 e. The highest BCUT2D eigenvalue weighted by molar-refractivity contribution is 7.10. The quantitative estimate of drug-likeness (QED) is 0.831. The molecule has 1 aliphatic rings. The van der Waals surface area contributed by atoms with Crippen LogP contribution < -0.4 is 5.73 Å². The van der Waals surface area contributed by atoms with Crippen LogP contribution in [0.1, 0.15) is 11.3 Å². The highest BCUT2D eigenvalue weighted by Crippen LogP contribution is 2.25. The molecule has 13 heavy (non-hydrogen) atoms. The van der Waals surface area contributed by atoms with E-state index < -0.39 is 0 Å². The molecule has 0 aromatic carbocycles. The summed E-state index contributed by atoms with van der Waals surface area (Å²) in [7, 11) is 0. The van der Waals surface area contributed by atoms with Crippen LogP contribution >= 0.6 is 22.9 Å². The molecule has 1 atom stereocenters. The number of hydrogen-bond donors (Lipinski definition) is 1. The fourth-order valence-corrected chi connectivity index (χ4v) is 2.49. The van der Waals surface area contributed by atoms with E-state index in [1.54, 1.807) is 16.8 Å². The van der Waals surface area contributed by atoms with E-state index in [0.717, 1.165) is 24.5 Å². The molecule has 1 saturated heterocycles. The molecule has 0 saturated carbocycles. The second-order valence-electron chi connectivity index (χ2n) is 3.22. The van der Waals surface area contributed by atoms with Crippen LogP contribution in [0.3, 0.4) is 0 Å². The van der Waals surface area contributed by atoms with E-state index in [9.17, 15) is 0 Å². The first-order valence-electron chi connectivity index (χ1n) is 4.33. The molecular formula is C8H12ClN3S. The Labute approximate surface area is 86.5 Å². The fraction of sp³-hybridized carbons (Fsp3) is 0.625. The van der Waals surface area contributed by atoms with Crippen molar-refractivity contribution in [1.82, 2.24) is 9.88 Å². The van der Waals surface area contributed by atoms with Crippen molar-refractivity contribution in [2.45, 2.75) is 19.0 Å². The Morgan fingerprint density at radius 1 is 1.77 bits per heavy atom. The molecule has 0 spiro atoms. The lowest BCUT2D eigenvalue weighted by molar-refractivity contribution is 0.0894. The molecule has 0 radical (unpaired) electrons. The average Bonchev–Trinajstić information content (AvgIpc) is 2.46. The zero-order chi connectivity index (χ0) is 9.26. The maximum Gasteiger partial charge on any atom is 0.144 e. The van der Waals surface area contributed by atoms with Crippen LogP contribution in [0.4, 0.5) is 0 Å². The number of likely N-dealkylation sites (tertiary alicyclic amines) is 1. The predicted molar refractivity (Wildman–Crippen MR) is 55.0 cm³/mol. The maximum atomic E-state index is 5.90. The molecule has 5 heteroatoms. The Morgan fingerprint density at radius 3 is 3.08 bits per heavy atom. The predicted octanol–water partition coefficient (Wildman–Crippen LogP) is 1.33. The number of nitrogens with zero attached hydrogens (tertiary/aromatic N) is 2. The van der Waals surface area contributed by atoms with Crippen LogP contribution in [-0.2, 0) is 6.54 Å². The Morgan fingerprint density at radius 2 is 2.62 bits per heavy atom. The van der Waals surface area contributed by atoms with E-state index in [-0.39, 0.29) is 0 Å². The Hall–Kier alpha value is -0.160. The third-order valence-electron chi connectivity index (χ3n) is 2.48. The van der Waals surface area contributed by atoms with Crippen molar-refractivity contribution in [2.75, 3.05) is 13.1 Å². The van der Waals surface area contributed by atoms with Gasteiger partial charge in [0, 0.05) is 25.7 Å². The van der Waals surface area contributed by atoms with E-state index >= 15 is 0 Å². The molecule has 2 heterocycles. The summed E-state index contributed by atoms with van der Waals surface area (Å²) < 4.78 is 0. The maximum absolute atomic E-state index is 5.90. The standard InChI is InChI=1S/C8H12ClN3S/c9-8-7(13-5-11-8)4-12-2-1-6(12)3-10/h5-6H,1-4,10H2.